The zero-order valence-corrected chi connectivity index (χ0v) is 12.9. The fraction of sp³-hybridized carbons (Fsp3) is 0.600. The monoisotopic (exact) mass is 296 g/mol. The molecule has 1 aromatic rings. The smallest absolute Gasteiger partial charge is 0.176 e. The predicted octanol–water partition coefficient (Wildman–Crippen LogP) is 2.32. The lowest BCUT2D eigenvalue weighted by Gasteiger charge is -2.16. The van der Waals surface area contributed by atoms with Gasteiger partial charge in [0.15, 0.2) is 11.4 Å². The van der Waals surface area contributed by atoms with Crippen LogP contribution in [0.4, 0.5) is 0 Å². The average molecular weight is 296 g/mol. The Kier molecular flexibility index (Phi) is 8.38. The van der Waals surface area contributed by atoms with E-state index >= 15 is 0 Å². The number of hydrogen-bond acceptors (Lipinski definition) is 6. The molecule has 1 unspecified atom stereocenters. The van der Waals surface area contributed by atoms with Crippen LogP contribution in [0.15, 0.2) is 29.6 Å². The molecule has 0 bridgehead atoms. The van der Waals surface area contributed by atoms with Crippen molar-refractivity contribution in [2.24, 2.45) is 5.34 Å². The molecule has 118 valence electrons. The van der Waals surface area contributed by atoms with E-state index in [1.54, 1.807) is 7.11 Å². The van der Waals surface area contributed by atoms with Gasteiger partial charge in [0.05, 0.1) is 6.61 Å². The van der Waals surface area contributed by atoms with Crippen LogP contribution in [0.1, 0.15) is 19.4 Å². The molecular weight excluding hydrogens is 272 g/mol. The molecule has 21 heavy (non-hydrogen) atoms. The number of ether oxygens (including phenoxy) is 2. The Morgan fingerprint density at radius 1 is 1.24 bits per heavy atom. The number of nitrogens with one attached hydrogen (secondary N) is 1. The predicted molar refractivity (Wildman–Crippen MR) is 81.3 cm³/mol. The average Bonchev–Trinajstić information content (AvgIpc) is 2.49. The first kappa shape index (κ1) is 17.4. The number of nitrogens with zero attached hydrogens (tertiary/aromatic N) is 1. The van der Waals surface area contributed by atoms with Crippen molar-refractivity contribution in [3.63, 3.8) is 0 Å². The summed E-state index contributed by atoms with van der Waals surface area (Å²) in [5.41, 5.74) is 1.19. The van der Waals surface area contributed by atoms with Crippen LogP contribution in [0.3, 0.4) is 0 Å². The zero-order valence-electron chi connectivity index (χ0n) is 12.9. The number of rotatable bonds is 11. The van der Waals surface area contributed by atoms with Gasteiger partial charge in [-0.25, -0.2) is 0 Å². The van der Waals surface area contributed by atoms with Crippen LogP contribution >= 0.6 is 0 Å². The van der Waals surface area contributed by atoms with Gasteiger partial charge in [0.25, 0.3) is 0 Å². The second kappa shape index (κ2) is 10.1. The lowest BCUT2D eigenvalue weighted by Crippen LogP contribution is -2.36. The maximum absolute atomic E-state index is 10.2. The Hall–Kier alpha value is -1.66. The lowest BCUT2D eigenvalue weighted by atomic mass is 10.1. The molecule has 0 radical (unpaired) electrons. The Morgan fingerprint density at radius 2 is 1.95 bits per heavy atom. The van der Waals surface area contributed by atoms with Gasteiger partial charge in [-0.1, -0.05) is 26.0 Å². The topological polar surface area (TPSA) is 69.2 Å². The standard InChI is InChI=1S/C15H24N2O4/c1-12(2)16-10-15(21-17-18)11-20-14-6-4-13(5-7-14)8-9-19-3/h4-7,12,15-16H,8-11H2,1-3H3. The highest BCUT2D eigenvalue weighted by Gasteiger charge is 2.12. The molecule has 0 heterocycles. The molecule has 6 nitrogen and oxygen atoms in total. The van der Waals surface area contributed by atoms with Crippen molar-refractivity contribution in [3.8, 4) is 5.75 Å². The minimum atomic E-state index is -0.405. The highest BCUT2D eigenvalue weighted by molar-refractivity contribution is 5.27. The van der Waals surface area contributed by atoms with Crippen LogP contribution in [0.5, 0.6) is 5.75 Å². The first-order chi connectivity index (χ1) is 10.2. The van der Waals surface area contributed by atoms with Gasteiger partial charge in [0.2, 0.25) is 0 Å². The highest BCUT2D eigenvalue weighted by atomic mass is 16.7. The molecule has 0 amide bonds. The van der Waals surface area contributed by atoms with Crippen molar-refractivity contribution in [3.05, 3.63) is 34.7 Å². The van der Waals surface area contributed by atoms with Crippen molar-refractivity contribution >= 4 is 0 Å². The van der Waals surface area contributed by atoms with Crippen molar-refractivity contribution in [1.82, 2.24) is 5.32 Å². The summed E-state index contributed by atoms with van der Waals surface area (Å²) in [6, 6.07) is 8.09. The summed E-state index contributed by atoms with van der Waals surface area (Å²) in [4.78, 5) is 15.0. The van der Waals surface area contributed by atoms with E-state index in [0.29, 0.717) is 19.2 Å². The molecule has 0 fully saturated rings. The van der Waals surface area contributed by atoms with E-state index in [1.807, 2.05) is 38.1 Å². The normalized spacial score (nSPS) is 12.2. The molecule has 0 aliphatic heterocycles. The summed E-state index contributed by atoms with van der Waals surface area (Å²) in [5, 5.41) is 5.67. The van der Waals surface area contributed by atoms with Crippen molar-refractivity contribution in [2.75, 3.05) is 26.9 Å². The zero-order chi connectivity index (χ0) is 15.5. The molecule has 1 rings (SSSR count). The van der Waals surface area contributed by atoms with Gasteiger partial charge in [0, 0.05) is 19.7 Å². The molecule has 6 heteroatoms. The van der Waals surface area contributed by atoms with Crippen LogP contribution < -0.4 is 10.1 Å². The number of benzene rings is 1. The molecular formula is C15H24N2O4. The molecule has 0 aliphatic carbocycles. The van der Waals surface area contributed by atoms with Gasteiger partial charge in [-0.2, -0.15) is 0 Å². The Labute approximate surface area is 125 Å². The lowest BCUT2D eigenvalue weighted by molar-refractivity contribution is 0.0207. The second-order valence-corrected chi connectivity index (χ2v) is 5.06. The quantitative estimate of drug-likeness (QED) is 0.501. The van der Waals surface area contributed by atoms with Crippen LogP contribution in [0.2, 0.25) is 0 Å². The fourth-order valence-corrected chi connectivity index (χ4v) is 1.72. The van der Waals surface area contributed by atoms with Crippen LogP contribution in [0, 0.1) is 4.91 Å². The molecule has 0 aliphatic rings. The van der Waals surface area contributed by atoms with Crippen molar-refractivity contribution in [1.29, 1.82) is 0 Å². The molecule has 0 spiro atoms. The van der Waals surface area contributed by atoms with Gasteiger partial charge in [-0.15, -0.1) is 4.91 Å². The first-order valence-corrected chi connectivity index (χ1v) is 7.08. The summed E-state index contributed by atoms with van der Waals surface area (Å²) >= 11 is 0. The van der Waals surface area contributed by atoms with Gasteiger partial charge >= 0.3 is 0 Å². The maximum Gasteiger partial charge on any atom is 0.176 e. The van der Waals surface area contributed by atoms with Gasteiger partial charge in [0.1, 0.15) is 12.4 Å². The van der Waals surface area contributed by atoms with Gasteiger partial charge in [-0.05, 0) is 24.1 Å². The third kappa shape index (κ3) is 7.63. The third-order valence-corrected chi connectivity index (χ3v) is 2.90. The Morgan fingerprint density at radius 3 is 2.52 bits per heavy atom. The molecule has 0 saturated heterocycles. The molecule has 1 aromatic carbocycles. The van der Waals surface area contributed by atoms with E-state index < -0.39 is 6.10 Å². The fourth-order valence-electron chi connectivity index (χ4n) is 1.72. The van der Waals surface area contributed by atoms with Gasteiger partial charge < -0.3 is 19.6 Å². The number of methoxy groups -OCH3 is 1. The van der Waals surface area contributed by atoms with E-state index in [1.165, 1.54) is 5.56 Å². The first-order valence-electron chi connectivity index (χ1n) is 7.08. The van der Waals surface area contributed by atoms with E-state index in [4.69, 9.17) is 14.3 Å². The van der Waals surface area contributed by atoms with Crippen LogP contribution in [0.25, 0.3) is 0 Å². The second-order valence-electron chi connectivity index (χ2n) is 5.06. The summed E-state index contributed by atoms with van der Waals surface area (Å²) < 4.78 is 10.7. The van der Waals surface area contributed by atoms with E-state index in [0.717, 1.165) is 12.2 Å². The summed E-state index contributed by atoms with van der Waals surface area (Å²) in [7, 11) is 1.68. The van der Waals surface area contributed by atoms with Crippen molar-refractivity contribution in [2.45, 2.75) is 32.4 Å². The minimum Gasteiger partial charge on any atom is -0.490 e. The molecule has 0 saturated carbocycles. The molecule has 1 atom stereocenters. The van der Waals surface area contributed by atoms with Crippen LogP contribution in [-0.2, 0) is 16.0 Å². The molecule has 0 aromatic heterocycles. The Bertz CT molecular complexity index is 395. The van der Waals surface area contributed by atoms with Crippen LogP contribution in [-0.4, -0.2) is 39.0 Å². The van der Waals surface area contributed by atoms with Crippen molar-refractivity contribution < 1.29 is 14.3 Å². The highest BCUT2D eigenvalue weighted by Crippen LogP contribution is 2.13. The largest absolute Gasteiger partial charge is 0.490 e. The summed E-state index contributed by atoms with van der Waals surface area (Å²) in [6.45, 7) is 5.51. The third-order valence-electron chi connectivity index (χ3n) is 2.90. The Balaban J connectivity index is 2.41. The number of hydrogen-bond donors (Lipinski definition) is 1. The SMILES string of the molecule is COCCc1ccc(OCC(CNC(C)C)ON=O)cc1. The minimum absolute atomic E-state index is 0.267. The van der Waals surface area contributed by atoms with E-state index in [-0.39, 0.29) is 6.61 Å². The van der Waals surface area contributed by atoms with Gasteiger partial charge in [-0.3, -0.25) is 0 Å². The summed E-state index contributed by atoms with van der Waals surface area (Å²) in [5.74, 6) is 0.736. The summed E-state index contributed by atoms with van der Waals surface area (Å²) in [6.07, 6.45) is 0.466. The van der Waals surface area contributed by atoms with E-state index in [9.17, 15) is 4.91 Å². The van der Waals surface area contributed by atoms with E-state index in [2.05, 4.69) is 10.7 Å². The molecule has 1 N–H and O–H groups in total. The maximum atomic E-state index is 10.2.